The van der Waals surface area contributed by atoms with Crippen LogP contribution in [0, 0.1) is 25.7 Å². The molecular weight excluding hydrogens is 589 g/mol. The molecule has 1 aliphatic rings. The third kappa shape index (κ3) is 5.63. The van der Waals surface area contributed by atoms with Crippen LogP contribution in [0.4, 0.5) is 0 Å². The summed E-state index contributed by atoms with van der Waals surface area (Å²) in [5.74, 6) is 4.09. The van der Waals surface area contributed by atoms with Crippen LogP contribution < -0.4 is 4.74 Å². The second-order valence-electron chi connectivity index (χ2n) is 15.0. The van der Waals surface area contributed by atoms with Gasteiger partial charge in [0.15, 0.2) is 0 Å². The highest BCUT2D eigenvalue weighted by Gasteiger charge is 2.31. The molecule has 1 aliphatic carbocycles. The summed E-state index contributed by atoms with van der Waals surface area (Å²) in [4.78, 5) is 4.80. The Hall–Kier alpha value is -4.64. The van der Waals surface area contributed by atoms with E-state index in [0.717, 1.165) is 46.2 Å². The van der Waals surface area contributed by atoms with Gasteiger partial charge in [0.1, 0.15) is 17.3 Å². The number of fused-ring (bicyclic) bond motifs is 3. The van der Waals surface area contributed by atoms with Gasteiger partial charge >= 0.3 is 0 Å². The summed E-state index contributed by atoms with van der Waals surface area (Å²) < 4.78 is 11.2. The zero-order valence-corrected chi connectivity index (χ0v) is 29.9. The van der Waals surface area contributed by atoms with Gasteiger partial charge in [-0.25, -0.2) is 9.67 Å². The van der Waals surface area contributed by atoms with Gasteiger partial charge in [-0.3, -0.25) is 4.57 Å². The van der Waals surface area contributed by atoms with Crippen LogP contribution in [0.1, 0.15) is 88.9 Å². The van der Waals surface area contributed by atoms with Crippen LogP contribution in [0.15, 0.2) is 90.6 Å². The molecule has 3 atom stereocenters. The smallest absolute Gasteiger partial charge is 0.137 e. The summed E-state index contributed by atoms with van der Waals surface area (Å²) in [5.41, 5.74) is 10.8. The first-order valence-electron chi connectivity index (χ1n) is 17.5. The van der Waals surface area contributed by atoms with Crippen molar-refractivity contribution in [1.82, 2.24) is 19.3 Å². The zero-order valence-electron chi connectivity index (χ0n) is 29.9. The van der Waals surface area contributed by atoms with E-state index in [-0.39, 0.29) is 5.41 Å². The molecule has 1 unspecified atom stereocenters. The van der Waals surface area contributed by atoms with Crippen LogP contribution in [-0.4, -0.2) is 19.3 Å². The average Bonchev–Trinajstić information content (AvgIpc) is 3.53. The standard InChI is InChI=1S/C43H48N4O/c1-10-31-17-18-44-40(21-31)46-38-14-12-11-13-36(38)37-16-15-34(25-39(37)46)48-35-23-32(43(7,8)9)22-33(24-35)47-30(6)42(29(5)45-47)41-27(3)19-26(2)20-28(41)4/h11-19,21-26,28,41H,10,20H2,1-9H3/t26-,28?,41-/m0/s1. The summed E-state index contributed by atoms with van der Waals surface area (Å²) in [6.07, 6.45) is 6.53. The van der Waals surface area contributed by atoms with Gasteiger partial charge in [0.25, 0.3) is 0 Å². The van der Waals surface area contributed by atoms with Crippen molar-refractivity contribution < 1.29 is 4.74 Å². The van der Waals surface area contributed by atoms with Gasteiger partial charge in [0.2, 0.25) is 0 Å². The number of aryl methyl sites for hydroxylation is 2. The monoisotopic (exact) mass is 636 g/mol. The van der Waals surface area contributed by atoms with E-state index in [1.54, 1.807) is 0 Å². The maximum Gasteiger partial charge on any atom is 0.137 e. The molecule has 48 heavy (non-hydrogen) atoms. The lowest BCUT2D eigenvalue weighted by molar-refractivity contribution is 0.390. The lowest BCUT2D eigenvalue weighted by Gasteiger charge is -2.32. The first-order chi connectivity index (χ1) is 22.9. The number of nitrogens with zero attached hydrogens (tertiary/aromatic N) is 4. The highest BCUT2D eigenvalue weighted by molar-refractivity contribution is 6.09. The minimum absolute atomic E-state index is 0.0766. The van der Waals surface area contributed by atoms with E-state index in [0.29, 0.717) is 17.8 Å². The quantitative estimate of drug-likeness (QED) is 0.171. The van der Waals surface area contributed by atoms with Crippen LogP contribution in [0.2, 0.25) is 0 Å². The van der Waals surface area contributed by atoms with E-state index in [2.05, 4.69) is 150 Å². The van der Waals surface area contributed by atoms with E-state index < -0.39 is 0 Å². The van der Waals surface area contributed by atoms with Gasteiger partial charge < -0.3 is 4.74 Å². The molecule has 5 heteroatoms. The fourth-order valence-corrected chi connectivity index (χ4v) is 8.06. The molecule has 0 saturated heterocycles. The molecule has 5 nitrogen and oxygen atoms in total. The Morgan fingerprint density at radius 1 is 0.854 bits per heavy atom. The summed E-state index contributed by atoms with van der Waals surface area (Å²) in [6, 6.07) is 25.8. The normalized spacial score (nSPS) is 18.4. The minimum Gasteiger partial charge on any atom is -0.457 e. The first-order valence-corrected chi connectivity index (χ1v) is 17.5. The Balaban J connectivity index is 1.33. The highest BCUT2D eigenvalue weighted by Crippen LogP contribution is 2.43. The number of rotatable bonds is 6. The first kappa shape index (κ1) is 31.9. The van der Waals surface area contributed by atoms with Crippen molar-refractivity contribution in [2.24, 2.45) is 11.8 Å². The molecule has 0 radical (unpaired) electrons. The number of pyridine rings is 1. The topological polar surface area (TPSA) is 44.9 Å². The lowest BCUT2D eigenvalue weighted by atomic mass is 9.72. The molecule has 3 aromatic heterocycles. The summed E-state index contributed by atoms with van der Waals surface area (Å²) >= 11 is 0. The molecule has 3 heterocycles. The van der Waals surface area contributed by atoms with E-state index in [1.807, 2.05) is 6.20 Å². The fourth-order valence-electron chi connectivity index (χ4n) is 8.06. The molecule has 0 spiro atoms. The van der Waals surface area contributed by atoms with Crippen LogP contribution in [0.25, 0.3) is 33.3 Å². The predicted octanol–water partition coefficient (Wildman–Crippen LogP) is 11.3. The third-order valence-corrected chi connectivity index (χ3v) is 10.3. The van der Waals surface area contributed by atoms with Crippen molar-refractivity contribution in [3.05, 3.63) is 119 Å². The van der Waals surface area contributed by atoms with Crippen molar-refractivity contribution in [2.75, 3.05) is 0 Å². The molecule has 0 saturated carbocycles. The summed E-state index contributed by atoms with van der Waals surface area (Å²) in [6.45, 7) is 20.4. The van der Waals surface area contributed by atoms with Crippen molar-refractivity contribution >= 4 is 21.8 Å². The Morgan fingerprint density at radius 3 is 2.38 bits per heavy atom. The Labute approximate surface area is 285 Å². The van der Waals surface area contributed by atoms with Gasteiger partial charge in [-0.05, 0) is 104 Å². The predicted molar refractivity (Wildman–Crippen MR) is 199 cm³/mol. The maximum atomic E-state index is 6.77. The van der Waals surface area contributed by atoms with Crippen LogP contribution >= 0.6 is 0 Å². The number of aromatic nitrogens is 4. The largest absolute Gasteiger partial charge is 0.457 e. The number of hydrogen-bond donors (Lipinski definition) is 0. The number of ether oxygens (including phenoxy) is 1. The Bertz CT molecular complexity index is 2190. The minimum atomic E-state index is -0.0766. The van der Waals surface area contributed by atoms with E-state index in [9.17, 15) is 0 Å². The van der Waals surface area contributed by atoms with E-state index in [4.69, 9.17) is 14.8 Å². The Kier molecular flexibility index (Phi) is 8.06. The highest BCUT2D eigenvalue weighted by atomic mass is 16.5. The average molecular weight is 637 g/mol. The second-order valence-corrected chi connectivity index (χ2v) is 15.0. The van der Waals surface area contributed by atoms with Crippen molar-refractivity contribution in [2.45, 2.75) is 86.5 Å². The number of allylic oxidation sites excluding steroid dienone is 2. The number of para-hydroxylation sites is 1. The van der Waals surface area contributed by atoms with E-state index >= 15 is 0 Å². The molecule has 7 rings (SSSR count). The Morgan fingerprint density at radius 2 is 1.62 bits per heavy atom. The van der Waals surface area contributed by atoms with Gasteiger partial charge in [-0.1, -0.05) is 71.4 Å². The van der Waals surface area contributed by atoms with Crippen LogP contribution in [-0.2, 0) is 11.8 Å². The molecule has 3 aromatic carbocycles. The molecular formula is C43H48N4O. The number of hydrogen-bond acceptors (Lipinski definition) is 3. The third-order valence-electron chi connectivity index (χ3n) is 10.3. The van der Waals surface area contributed by atoms with Crippen LogP contribution in [0.5, 0.6) is 11.5 Å². The molecule has 0 amide bonds. The molecule has 0 fully saturated rings. The lowest BCUT2D eigenvalue weighted by Crippen LogP contribution is -2.20. The molecule has 0 aliphatic heterocycles. The summed E-state index contributed by atoms with van der Waals surface area (Å²) in [5, 5.41) is 7.54. The number of benzene rings is 3. The van der Waals surface area contributed by atoms with Crippen molar-refractivity contribution in [3.63, 3.8) is 0 Å². The van der Waals surface area contributed by atoms with Gasteiger partial charge in [0.05, 0.1) is 22.4 Å². The molecule has 246 valence electrons. The van der Waals surface area contributed by atoms with Gasteiger partial charge in [-0.2, -0.15) is 5.10 Å². The maximum absolute atomic E-state index is 6.77. The second kappa shape index (κ2) is 12.1. The van der Waals surface area contributed by atoms with Crippen molar-refractivity contribution in [3.8, 4) is 23.0 Å². The summed E-state index contributed by atoms with van der Waals surface area (Å²) in [7, 11) is 0. The van der Waals surface area contributed by atoms with Crippen LogP contribution in [0.3, 0.4) is 0 Å². The molecule has 0 bridgehead atoms. The van der Waals surface area contributed by atoms with Crippen molar-refractivity contribution in [1.29, 1.82) is 0 Å². The van der Waals surface area contributed by atoms with Gasteiger partial charge in [0, 0.05) is 46.3 Å². The zero-order chi connectivity index (χ0) is 33.9. The molecule has 6 aromatic rings. The SMILES string of the molecule is CCc1ccnc(-n2c3ccccc3c3ccc(Oc4cc(-n5nc(C)c([C@H]6C(C)=C[C@H](C)CC6C)c5C)cc(C(C)(C)C)c4)cc32)c1. The van der Waals surface area contributed by atoms with E-state index in [1.165, 1.54) is 45.2 Å². The van der Waals surface area contributed by atoms with Gasteiger partial charge in [-0.15, -0.1) is 0 Å². The fraction of sp³-hybridized carbons (Fsp3) is 0.349. The molecule has 0 N–H and O–H groups in total.